The fourth-order valence-corrected chi connectivity index (χ4v) is 3.59. The Morgan fingerprint density at radius 3 is 2.10 bits per heavy atom. The fraction of sp³-hybridized carbons (Fsp3) is 0.391. The van der Waals surface area contributed by atoms with Crippen LogP contribution in [0.2, 0.25) is 0 Å². The molecule has 1 aliphatic rings. The number of halogens is 2. The first kappa shape index (κ1) is 21.7. The molecule has 1 heterocycles. The normalized spacial score (nSPS) is 15.0. The Labute approximate surface area is 175 Å². The molecule has 160 valence electrons. The summed E-state index contributed by atoms with van der Waals surface area (Å²) in [6, 6.07) is 9.80. The predicted molar refractivity (Wildman–Crippen MR) is 114 cm³/mol. The molecule has 1 saturated heterocycles. The monoisotopic (exact) mass is 415 g/mol. The Bertz CT molecular complexity index is 874. The van der Waals surface area contributed by atoms with Crippen LogP contribution in [-0.2, 0) is 4.79 Å². The molecule has 0 saturated carbocycles. The summed E-state index contributed by atoms with van der Waals surface area (Å²) in [7, 11) is 0. The highest BCUT2D eigenvalue weighted by atomic mass is 19.1. The van der Waals surface area contributed by atoms with Gasteiger partial charge in [-0.2, -0.15) is 0 Å². The van der Waals surface area contributed by atoms with Gasteiger partial charge in [-0.1, -0.05) is 19.9 Å². The summed E-state index contributed by atoms with van der Waals surface area (Å²) in [5, 5.41) is 5.24. The molecule has 2 aromatic rings. The number of rotatable bonds is 6. The summed E-state index contributed by atoms with van der Waals surface area (Å²) in [5.74, 6) is -3.62. The smallest absolute Gasteiger partial charge is 0.257 e. The summed E-state index contributed by atoms with van der Waals surface area (Å²) in [5.41, 5.74) is 1.01. The van der Waals surface area contributed by atoms with Crippen molar-refractivity contribution in [2.24, 2.45) is 5.92 Å². The molecule has 2 amide bonds. The van der Waals surface area contributed by atoms with Crippen molar-refractivity contribution in [3.63, 3.8) is 0 Å². The largest absolute Gasteiger partial charge is 0.372 e. The molecule has 5 nitrogen and oxygen atoms in total. The van der Waals surface area contributed by atoms with Crippen LogP contribution >= 0.6 is 0 Å². The van der Waals surface area contributed by atoms with Gasteiger partial charge in [-0.3, -0.25) is 9.59 Å². The van der Waals surface area contributed by atoms with Crippen molar-refractivity contribution in [3.8, 4) is 0 Å². The molecule has 1 fully saturated rings. The lowest BCUT2D eigenvalue weighted by Gasteiger charge is -2.29. The van der Waals surface area contributed by atoms with E-state index >= 15 is 0 Å². The van der Waals surface area contributed by atoms with Gasteiger partial charge in [-0.25, -0.2) is 8.78 Å². The third-order valence-corrected chi connectivity index (χ3v) is 5.28. The summed E-state index contributed by atoms with van der Waals surface area (Å²) in [6.45, 7) is 5.56. The van der Waals surface area contributed by atoms with Gasteiger partial charge >= 0.3 is 0 Å². The van der Waals surface area contributed by atoms with Gasteiger partial charge in [-0.15, -0.1) is 0 Å². The van der Waals surface area contributed by atoms with E-state index in [0.717, 1.165) is 30.9 Å². The third kappa shape index (κ3) is 5.14. The number of amides is 2. The standard InChI is InChI=1S/C23H27F2N3O2/c1-15(2)21(27-22(29)20-18(24)7-6-8-19(20)25)23(30)26-16-9-11-17(12-10-16)28-13-4-3-5-14-28/h6-12,15,21H,3-5,13-14H2,1-2H3,(H,26,30)(H,27,29)/t21-/m0/s1. The molecule has 0 unspecified atom stereocenters. The van der Waals surface area contributed by atoms with E-state index < -0.39 is 35.1 Å². The molecular formula is C23H27F2N3O2. The summed E-state index contributed by atoms with van der Waals surface area (Å²) in [4.78, 5) is 27.5. The number of carbonyl (C=O) groups excluding carboxylic acids is 2. The lowest BCUT2D eigenvalue weighted by molar-refractivity contribution is -0.118. The highest BCUT2D eigenvalue weighted by Crippen LogP contribution is 2.22. The fourth-order valence-electron chi connectivity index (χ4n) is 3.59. The van der Waals surface area contributed by atoms with Crippen LogP contribution in [0.5, 0.6) is 0 Å². The quantitative estimate of drug-likeness (QED) is 0.738. The van der Waals surface area contributed by atoms with Crippen molar-refractivity contribution in [3.05, 3.63) is 59.7 Å². The lowest BCUT2D eigenvalue weighted by atomic mass is 10.0. The van der Waals surface area contributed by atoms with E-state index in [2.05, 4.69) is 15.5 Å². The van der Waals surface area contributed by atoms with E-state index in [-0.39, 0.29) is 5.92 Å². The van der Waals surface area contributed by atoms with E-state index in [1.807, 2.05) is 24.3 Å². The molecule has 0 radical (unpaired) electrons. The average molecular weight is 415 g/mol. The minimum absolute atomic E-state index is 0.281. The zero-order valence-electron chi connectivity index (χ0n) is 17.3. The van der Waals surface area contributed by atoms with Gasteiger partial charge in [0.15, 0.2) is 0 Å². The van der Waals surface area contributed by atoms with Crippen LogP contribution in [0.25, 0.3) is 0 Å². The highest BCUT2D eigenvalue weighted by Gasteiger charge is 2.27. The molecule has 2 N–H and O–H groups in total. The molecule has 2 aromatic carbocycles. The van der Waals surface area contributed by atoms with Crippen molar-refractivity contribution < 1.29 is 18.4 Å². The van der Waals surface area contributed by atoms with Crippen LogP contribution in [0.4, 0.5) is 20.2 Å². The van der Waals surface area contributed by atoms with Gasteiger partial charge in [0.2, 0.25) is 5.91 Å². The van der Waals surface area contributed by atoms with Crippen LogP contribution in [0.1, 0.15) is 43.5 Å². The first-order valence-corrected chi connectivity index (χ1v) is 10.3. The molecule has 1 aliphatic heterocycles. The number of nitrogens with zero attached hydrogens (tertiary/aromatic N) is 1. The van der Waals surface area contributed by atoms with Crippen LogP contribution < -0.4 is 15.5 Å². The van der Waals surface area contributed by atoms with E-state index in [0.29, 0.717) is 5.69 Å². The second-order valence-electron chi connectivity index (χ2n) is 7.88. The van der Waals surface area contributed by atoms with Gasteiger partial charge in [0.05, 0.1) is 0 Å². The van der Waals surface area contributed by atoms with Crippen LogP contribution in [0.15, 0.2) is 42.5 Å². The molecule has 1 atom stereocenters. The second-order valence-corrected chi connectivity index (χ2v) is 7.88. The van der Waals surface area contributed by atoms with Crippen LogP contribution in [0, 0.1) is 17.6 Å². The molecule has 0 aromatic heterocycles. The molecule has 0 spiro atoms. The van der Waals surface area contributed by atoms with E-state index in [1.165, 1.54) is 25.3 Å². The number of anilines is 2. The first-order chi connectivity index (χ1) is 14.4. The molecule has 7 heteroatoms. The van der Waals surface area contributed by atoms with Crippen molar-refractivity contribution in [1.29, 1.82) is 0 Å². The average Bonchev–Trinajstić information content (AvgIpc) is 2.73. The van der Waals surface area contributed by atoms with E-state index in [4.69, 9.17) is 0 Å². The zero-order chi connectivity index (χ0) is 21.7. The molecule has 3 rings (SSSR count). The van der Waals surface area contributed by atoms with Gasteiger partial charge in [0.25, 0.3) is 5.91 Å². The summed E-state index contributed by atoms with van der Waals surface area (Å²) < 4.78 is 27.8. The maximum atomic E-state index is 13.9. The van der Waals surface area contributed by atoms with Crippen LogP contribution in [-0.4, -0.2) is 30.9 Å². The Morgan fingerprint density at radius 1 is 0.933 bits per heavy atom. The number of hydrogen-bond donors (Lipinski definition) is 2. The molecule has 30 heavy (non-hydrogen) atoms. The number of nitrogens with one attached hydrogen (secondary N) is 2. The van der Waals surface area contributed by atoms with Crippen molar-refractivity contribution in [2.75, 3.05) is 23.3 Å². The summed E-state index contributed by atoms with van der Waals surface area (Å²) in [6.07, 6.45) is 3.61. The second kappa shape index (κ2) is 9.69. The number of hydrogen-bond acceptors (Lipinski definition) is 3. The molecule has 0 bridgehead atoms. The van der Waals surface area contributed by atoms with Gasteiger partial charge < -0.3 is 15.5 Å². The number of carbonyl (C=O) groups is 2. The van der Waals surface area contributed by atoms with Crippen molar-refractivity contribution >= 4 is 23.2 Å². The predicted octanol–water partition coefficient (Wildman–Crippen LogP) is 4.35. The van der Waals surface area contributed by atoms with E-state index in [9.17, 15) is 18.4 Å². The first-order valence-electron chi connectivity index (χ1n) is 10.3. The molecular weight excluding hydrogens is 388 g/mol. The third-order valence-electron chi connectivity index (χ3n) is 5.28. The lowest BCUT2D eigenvalue weighted by Crippen LogP contribution is -2.47. The van der Waals surface area contributed by atoms with Gasteiger partial charge in [0, 0.05) is 24.5 Å². The Kier molecular flexibility index (Phi) is 7.03. The van der Waals surface area contributed by atoms with E-state index in [1.54, 1.807) is 13.8 Å². The number of benzene rings is 2. The Morgan fingerprint density at radius 2 is 1.53 bits per heavy atom. The highest BCUT2D eigenvalue weighted by molar-refractivity contribution is 6.01. The SMILES string of the molecule is CC(C)[C@H](NC(=O)c1c(F)cccc1F)C(=O)Nc1ccc(N2CCCCC2)cc1. The maximum Gasteiger partial charge on any atom is 0.257 e. The minimum Gasteiger partial charge on any atom is -0.372 e. The Balaban J connectivity index is 1.67. The van der Waals surface area contributed by atoms with Gasteiger partial charge in [0.1, 0.15) is 23.2 Å². The Hall–Kier alpha value is -2.96. The zero-order valence-corrected chi connectivity index (χ0v) is 17.3. The topological polar surface area (TPSA) is 61.4 Å². The van der Waals surface area contributed by atoms with Crippen molar-refractivity contribution in [1.82, 2.24) is 5.32 Å². The van der Waals surface area contributed by atoms with Crippen molar-refractivity contribution in [2.45, 2.75) is 39.2 Å². The van der Waals surface area contributed by atoms with Gasteiger partial charge in [-0.05, 0) is 61.6 Å². The molecule has 0 aliphatic carbocycles. The maximum absolute atomic E-state index is 13.9. The summed E-state index contributed by atoms with van der Waals surface area (Å²) >= 11 is 0. The van der Waals surface area contributed by atoms with Crippen LogP contribution in [0.3, 0.4) is 0 Å². The minimum atomic E-state index is -0.969. The number of piperidine rings is 1.